The molecular weight excluding hydrogens is 374 g/mol. The molecule has 0 radical (unpaired) electrons. The molecular formula is C19H20ClNO4S. The first-order valence-corrected chi connectivity index (χ1v) is 9.37. The molecule has 5 nitrogen and oxygen atoms in total. The normalized spacial score (nSPS) is 11.5. The predicted molar refractivity (Wildman–Crippen MR) is 104 cm³/mol. The summed E-state index contributed by atoms with van der Waals surface area (Å²) in [5, 5.41) is 3.12. The lowest BCUT2D eigenvalue weighted by Gasteiger charge is -2.15. The van der Waals surface area contributed by atoms with Crippen molar-refractivity contribution in [1.29, 1.82) is 0 Å². The van der Waals surface area contributed by atoms with Gasteiger partial charge in [0.15, 0.2) is 6.10 Å². The van der Waals surface area contributed by atoms with Crippen LogP contribution in [-0.2, 0) is 14.3 Å². The number of hydrogen-bond donors (Lipinski definition) is 1. The average molecular weight is 394 g/mol. The minimum Gasteiger partial charge on any atom is -0.495 e. The Labute approximate surface area is 162 Å². The van der Waals surface area contributed by atoms with Gasteiger partial charge in [-0.1, -0.05) is 29.8 Å². The molecule has 0 fully saturated rings. The number of methoxy groups -OCH3 is 1. The van der Waals surface area contributed by atoms with Crippen molar-refractivity contribution in [2.24, 2.45) is 0 Å². The van der Waals surface area contributed by atoms with Gasteiger partial charge in [-0.05, 0) is 37.3 Å². The van der Waals surface area contributed by atoms with E-state index in [9.17, 15) is 9.59 Å². The fraction of sp³-hybridized carbons (Fsp3) is 0.263. The molecule has 138 valence electrons. The topological polar surface area (TPSA) is 64.6 Å². The number of ether oxygens (including phenoxy) is 2. The lowest BCUT2D eigenvalue weighted by Crippen LogP contribution is -2.30. The van der Waals surface area contributed by atoms with E-state index in [0.717, 1.165) is 4.90 Å². The van der Waals surface area contributed by atoms with Crippen molar-refractivity contribution in [3.63, 3.8) is 0 Å². The van der Waals surface area contributed by atoms with Crippen LogP contribution in [0.5, 0.6) is 5.75 Å². The number of esters is 1. The number of amides is 1. The van der Waals surface area contributed by atoms with E-state index in [2.05, 4.69) is 5.32 Å². The second-order valence-electron chi connectivity index (χ2n) is 5.38. The lowest BCUT2D eigenvalue weighted by molar-refractivity contribution is -0.152. The third kappa shape index (κ3) is 6.28. The van der Waals surface area contributed by atoms with Crippen LogP contribution in [0.1, 0.15) is 13.3 Å². The molecule has 0 heterocycles. The molecule has 0 aliphatic heterocycles. The number of thioether (sulfide) groups is 1. The highest BCUT2D eigenvalue weighted by Crippen LogP contribution is 2.27. The molecule has 26 heavy (non-hydrogen) atoms. The largest absolute Gasteiger partial charge is 0.495 e. The van der Waals surface area contributed by atoms with Crippen molar-refractivity contribution < 1.29 is 19.1 Å². The number of nitrogens with one attached hydrogen (secondary N) is 1. The number of carbonyl (C=O) groups is 2. The predicted octanol–water partition coefficient (Wildman–Crippen LogP) is 4.40. The van der Waals surface area contributed by atoms with Gasteiger partial charge >= 0.3 is 5.97 Å². The summed E-state index contributed by atoms with van der Waals surface area (Å²) in [5.41, 5.74) is 0.424. The van der Waals surface area contributed by atoms with Gasteiger partial charge in [0.25, 0.3) is 5.91 Å². The van der Waals surface area contributed by atoms with Crippen LogP contribution >= 0.6 is 23.4 Å². The van der Waals surface area contributed by atoms with Gasteiger partial charge in [-0.25, -0.2) is 0 Å². The zero-order valence-electron chi connectivity index (χ0n) is 14.5. The van der Waals surface area contributed by atoms with Crippen molar-refractivity contribution >= 4 is 40.9 Å². The highest BCUT2D eigenvalue weighted by Gasteiger charge is 2.19. The molecule has 0 aromatic heterocycles. The number of rotatable bonds is 8. The molecule has 1 amide bonds. The van der Waals surface area contributed by atoms with Gasteiger partial charge in [0.05, 0.1) is 19.2 Å². The minimum atomic E-state index is -0.923. The first-order valence-electron chi connectivity index (χ1n) is 8.01. The first kappa shape index (κ1) is 20.1. The van der Waals surface area contributed by atoms with Gasteiger partial charge < -0.3 is 14.8 Å². The Morgan fingerprint density at radius 1 is 1.19 bits per heavy atom. The SMILES string of the molecule is COc1ccc(Cl)cc1NC(=O)[C@@H](C)OC(=O)CCSc1ccccc1. The molecule has 0 unspecified atom stereocenters. The molecule has 1 atom stereocenters. The van der Waals surface area contributed by atoms with E-state index in [1.807, 2.05) is 30.3 Å². The van der Waals surface area contributed by atoms with Crippen LogP contribution in [0.25, 0.3) is 0 Å². The molecule has 2 aromatic carbocycles. The monoisotopic (exact) mass is 393 g/mol. The smallest absolute Gasteiger partial charge is 0.307 e. The third-order valence-electron chi connectivity index (χ3n) is 3.41. The van der Waals surface area contributed by atoms with Crippen molar-refractivity contribution in [2.75, 3.05) is 18.2 Å². The molecule has 2 rings (SSSR count). The van der Waals surface area contributed by atoms with Crippen LogP contribution in [0.15, 0.2) is 53.4 Å². The van der Waals surface area contributed by atoms with Gasteiger partial charge in [0, 0.05) is 15.7 Å². The van der Waals surface area contributed by atoms with E-state index >= 15 is 0 Å². The summed E-state index contributed by atoms with van der Waals surface area (Å²) in [4.78, 5) is 25.2. The number of benzene rings is 2. The summed E-state index contributed by atoms with van der Waals surface area (Å²) in [7, 11) is 1.49. The Bertz CT molecular complexity index is 754. The fourth-order valence-electron chi connectivity index (χ4n) is 2.09. The maximum absolute atomic E-state index is 12.2. The van der Waals surface area contributed by atoms with Gasteiger partial charge in [-0.2, -0.15) is 0 Å². The Hall–Kier alpha value is -2.18. The zero-order chi connectivity index (χ0) is 18.9. The van der Waals surface area contributed by atoms with E-state index < -0.39 is 18.0 Å². The summed E-state index contributed by atoms with van der Waals surface area (Å²) in [6.45, 7) is 1.52. The summed E-state index contributed by atoms with van der Waals surface area (Å²) in [5.74, 6) is 0.184. The van der Waals surface area contributed by atoms with E-state index in [1.165, 1.54) is 14.0 Å². The highest BCUT2D eigenvalue weighted by atomic mass is 35.5. The Balaban J connectivity index is 1.81. The Morgan fingerprint density at radius 3 is 2.62 bits per heavy atom. The Morgan fingerprint density at radius 2 is 1.92 bits per heavy atom. The maximum atomic E-state index is 12.2. The van der Waals surface area contributed by atoms with Crippen LogP contribution in [0, 0.1) is 0 Å². The quantitative estimate of drug-likeness (QED) is 0.532. The molecule has 0 aliphatic rings. The number of halogens is 1. The minimum absolute atomic E-state index is 0.220. The van der Waals surface area contributed by atoms with Gasteiger partial charge in [0.2, 0.25) is 0 Å². The van der Waals surface area contributed by atoms with Crippen molar-refractivity contribution in [3.8, 4) is 5.75 Å². The molecule has 7 heteroatoms. The van der Waals surface area contributed by atoms with Crippen LogP contribution < -0.4 is 10.1 Å². The molecule has 0 spiro atoms. The van der Waals surface area contributed by atoms with Crippen LogP contribution in [0.4, 0.5) is 5.69 Å². The lowest BCUT2D eigenvalue weighted by atomic mass is 10.2. The summed E-state index contributed by atoms with van der Waals surface area (Å²) in [6.07, 6.45) is -0.703. The maximum Gasteiger partial charge on any atom is 0.307 e. The average Bonchev–Trinajstić information content (AvgIpc) is 2.62. The fourth-order valence-corrected chi connectivity index (χ4v) is 3.12. The highest BCUT2D eigenvalue weighted by molar-refractivity contribution is 7.99. The molecule has 0 saturated heterocycles. The number of carbonyl (C=O) groups excluding carboxylic acids is 2. The van der Waals surface area contributed by atoms with E-state index in [1.54, 1.807) is 30.0 Å². The van der Waals surface area contributed by atoms with Gasteiger partial charge in [-0.3, -0.25) is 9.59 Å². The van der Waals surface area contributed by atoms with Crippen LogP contribution in [-0.4, -0.2) is 30.8 Å². The molecule has 0 aliphatic carbocycles. The zero-order valence-corrected chi connectivity index (χ0v) is 16.1. The summed E-state index contributed by atoms with van der Waals surface area (Å²) >= 11 is 7.50. The second kappa shape index (κ2) is 10.1. The van der Waals surface area contributed by atoms with E-state index in [-0.39, 0.29) is 6.42 Å². The number of hydrogen-bond acceptors (Lipinski definition) is 5. The summed E-state index contributed by atoms with van der Waals surface area (Å²) in [6, 6.07) is 14.7. The van der Waals surface area contributed by atoms with Crippen molar-refractivity contribution in [3.05, 3.63) is 53.6 Å². The third-order valence-corrected chi connectivity index (χ3v) is 4.66. The second-order valence-corrected chi connectivity index (χ2v) is 6.98. The van der Waals surface area contributed by atoms with Gasteiger partial charge in [-0.15, -0.1) is 11.8 Å². The molecule has 1 N–H and O–H groups in total. The molecule has 2 aromatic rings. The first-order chi connectivity index (χ1) is 12.5. The number of anilines is 1. The standard InChI is InChI=1S/C19H20ClNO4S/c1-13(19(23)21-16-12-14(20)8-9-17(16)24-2)25-18(22)10-11-26-15-6-4-3-5-7-15/h3-9,12-13H,10-11H2,1-2H3,(H,21,23)/t13-/m1/s1. The summed E-state index contributed by atoms with van der Waals surface area (Å²) < 4.78 is 10.4. The van der Waals surface area contributed by atoms with E-state index in [4.69, 9.17) is 21.1 Å². The van der Waals surface area contributed by atoms with Crippen LogP contribution in [0.3, 0.4) is 0 Å². The Kier molecular flexibility index (Phi) is 7.81. The van der Waals surface area contributed by atoms with Crippen molar-refractivity contribution in [1.82, 2.24) is 0 Å². The van der Waals surface area contributed by atoms with E-state index in [0.29, 0.717) is 22.2 Å². The molecule has 0 saturated carbocycles. The van der Waals surface area contributed by atoms with Crippen LogP contribution in [0.2, 0.25) is 5.02 Å². The van der Waals surface area contributed by atoms with Crippen molar-refractivity contribution in [2.45, 2.75) is 24.3 Å². The van der Waals surface area contributed by atoms with Gasteiger partial charge in [0.1, 0.15) is 5.75 Å². The molecule has 0 bridgehead atoms.